The van der Waals surface area contributed by atoms with Gasteiger partial charge in [0, 0.05) is 22.1 Å². The predicted octanol–water partition coefficient (Wildman–Crippen LogP) is 8.41. The van der Waals surface area contributed by atoms with Crippen molar-refractivity contribution in [2.24, 2.45) is 0 Å². The molecule has 0 bridgehead atoms. The van der Waals surface area contributed by atoms with Crippen molar-refractivity contribution in [3.63, 3.8) is 0 Å². The Kier molecular flexibility index (Phi) is 8.53. The predicted molar refractivity (Wildman–Crippen MR) is 150 cm³/mol. The summed E-state index contributed by atoms with van der Waals surface area (Å²) in [5.74, 6) is 12.2. The monoisotopic (exact) mass is 468 g/mol. The number of halogens is 1. The summed E-state index contributed by atoms with van der Waals surface area (Å²) in [6.07, 6.45) is 10.2. The minimum Gasteiger partial charge on any atom is -0.205 e. The lowest BCUT2D eigenvalue weighted by atomic mass is 10.0. The first kappa shape index (κ1) is 24.8. The van der Waals surface area contributed by atoms with Crippen molar-refractivity contribution in [3.05, 3.63) is 143 Å². The van der Waals surface area contributed by atoms with Gasteiger partial charge in [0.2, 0.25) is 0 Å². The lowest BCUT2D eigenvalue weighted by Crippen LogP contribution is -1.88. The summed E-state index contributed by atoms with van der Waals surface area (Å²) in [7, 11) is 0. The zero-order valence-electron chi connectivity index (χ0n) is 20.7. The van der Waals surface area contributed by atoms with E-state index >= 15 is 4.39 Å². The van der Waals surface area contributed by atoms with Crippen LogP contribution in [0, 0.1) is 29.5 Å². The molecule has 0 radical (unpaired) electrons. The highest BCUT2D eigenvalue weighted by Crippen LogP contribution is 2.22. The fourth-order valence-electron chi connectivity index (χ4n) is 3.94. The molecule has 0 fully saturated rings. The highest BCUT2D eigenvalue weighted by molar-refractivity contribution is 5.86. The maximum absolute atomic E-state index is 15.2. The first-order valence-electron chi connectivity index (χ1n) is 12.3. The molecule has 0 spiro atoms. The highest BCUT2D eigenvalue weighted by Gasteiger charge is 2.06. The summed E-state index contributed by atoms with van der Waals surface area (Å²) in [5, 5.41) is 1.37. The lowest BCUT2D eigenvalue weighted by molar-refractivity contribution is 0.636. The molecule has 4 rings (SSSR count). The summed E-state index contributed by atoms with van der Waals surface area (Å²) in [4.78, 5) is 0. The van der Waals surface area contributed by atoms with Crippen LogP contribution in [-0.4, -0.2) is 0 Å². The van der Waals surface area contributed by atoms with Crippen LogP contribution in [0.25, 0.3) is 10.8 Å². The first-order chi connectivity index (χ1) is 17.7. The van der Waals surface area contributed by atoms with E-state index in [1.807, 2.05) is 43.3 Å². The molecule has 0 aliphatic rings. The molecule has 0 aliphatic carbocycles. The molecule has 176 valence electrons. The van der Waals surface area contributed by atoms with Gasteiger partial charge in [0.15, 0.2) is 0 Å². The summed E-state index contributed by atoms with van der Waals surface area (Å²) in [6.45, 7) is 5.80. The van der Waals surface area contributed by atoms with E-state index in [0.717, 1.165) is 47.8 Å². The Bertz CT molecular complexity index is 1500. The van der Waals surface area contributed by atoms with Crippen LogP contribution < -0.4 is 0 Å². The Balaban J connectivity index is 1.48. The Labute approximate surface area is 214 Å². The van der Waals surface area contributed by atoms with Crippen LogP contribution in [0.3, 0.4) is 0 Å². The van der Waals surface area contributed by atoms with E-state index in [0.29, 0.717) is 10.9 Å². The van der Waals surface area contributed by atoms with Crippen molar-refractivity contribution in [3.8, 4) is 23.7 Å². The molecule has 0 atom stereocenters. The summed E-state index contributed by atoms with van der Waals surface area (Å²) >= 11 is 0. The number of fused-ring (bicyclic) bond motifs is 1. The van der Waals surface area contributed by atoms with E-state index in [1.165, 1.54) is 11.1 Å². The van der Waals surface area contributed by atoms with Crippen LogP contribution >= 0.6 is 0 Å². The largest absolute Gasteiger partial charge is 0.205 e. The molecule has 0 heterocycles. The van der Waals surface area contributed by atoms with Gasteiger partial charge in [-0.25, -0.2) is 4.39 Å². The number of hydrogen-bond donors (Lipinski definition) is 0. The summed E-state index contributed by atoms with van der Waals surface area (Å²) in [6, 6.07) is 25.7. The average molecular weight is 469 g/mol. The van der Waals surface area contributed by atoms with Crippen molar-refractivity contribution in [2.45, 2.75) is 32.6 Å². The molecular formula is C35H29F. The topological polar surface area (TPSA) is 0 Å². The Morgan fingerprint density at radius 2 is 1.28 bits per heavy atom. The second-order valence-electron chi connectivity index (χ2n) is 8.69. The molecule has 0 aliphatic heterocycles. The molecule has 1 heteroatoms. The van der Waals surface area contributed by atoms with E-state index in [9.17, 15) is 0 Å². The molecule has 0 aromatic heterocycles. The van der Waals surface area contributed by atoms with E-state index in [-0.39, 0.29) is 5.82 Å². The molecule has 0 nitrogen and oxygen atoms in total. The van der Waals surface area contributed by atoms with E-state index in [1.54, 1.807) is 12.1 Å². The zero-order valence-corrected chi connectivity index (χ0v) is 20.7. The standard InChI is InChI=1S/C35H29F/c1-3-5-7-9-28-12-14-29(15-13-28)18-19-31-21-25-34-33(26-31)24-23-32(35(34)36)22-20-30-16-10-27(11-17-30)8-6-4-2/h3-5,10-17,21,23-26H,2,6-9H2,1H3/b5-3+. The minimum atomic E-state index is -0.296. The molecule has 0 saturated carbocycles. The van der Waals surface area contributed by atoms with Crippen molar-refractivity contribution in [1.29, 1.82) is 0 Å². The molecule has 0 unspecified atom stereocenters. The first-order valence-corrected chi connectivity index (χ1v) is 12.3. The van der Waals surface area contributed by atoms with Gasteiger partial charge < -0.3 is 0 Å². The molecule has 36 heavy (non-hydrogen) atoms. The van der Waals surface area contributed by atoms with Crippen molar-refractivity contribution < 1.29 is 4.39 Å². The van der Waals surface area contributed by atoms with Gasteiger partial charge >= 0.3 is 0 Å². The van der Waals surface area contributed by atoms with Crippen molar-refractivity contribution in [1.82, 2.24) is 0 Å². The van der Waals surface area contributed by atoms with Gasteiger partial charge in [0.05, 0.1) is 5.56 Å². The van der Waals surface area contributed by atoms with Crippen LogP contribution in [0.1, 0.15) is 53.1 Å². The molecule has 0 N–H and O–H groups in total. The average Bonchev–Trinajstić information content (AvgIpc) is 2.92. The smallest absolute Gasteiger partial charge is 0.146 e. The highest BCUT2D eigenvalue weighted by atomic mass is 19.1. The van der Waals surface area contributed by atoms with Crippen LogP contribution in [0.15, 0.2) is 104 Å². The number of aryl methyl sites for hydroxylation is 2. The summed E-state index contributed by atoms with van der Waals surface area (Å²) in [5.41, 5.74) is 5.64. The second-order valence-corrected chi connectivity index (χ2v) is 8.69. The van der Waals surface area contributed by atoms with E-state index in [4.69, 9.17) is 0 Å². The number of hydrogen-bond acceptors (Lipinski definition) is 0. The Hall–Kier alpha value is -4.33. The van der Waals surface area contributed by atoms with Crippen LogP contribution in [0.4, 0.5) is 4.39 Å². The maximum atomic E-state index is 15.2. The van der Waals surface area contributed by atoms with Gasteiger partial charge in [-0.2, -0.15) is 0 Å². The van der Waals surface area contributed by atoms with Gasteiger partial charge in [-0.3, -0.25) is 0 Å². The van der Waals surface area contributed by atoms with Crippen LogP contribution in [0.2, 0.25) is 0 Å². The molecule has 0 saturated heterocycles. The van der Waals surface area contributed by atoms with E-state index in [2.05, 4.69) is 78.8 Å². The lowest BCUT2D eigenvalue weighted by Gasteiger charge is -2.03. The Morgan fingerprint density at radius 3 is 1.92 bits per heavy atom. The molecule has 4 aromatic carbocycles. The second kappa shape index (κ2) is 12.4. The van der Waals surface area contributed by atoms with Gasteiger partial charge in [0.25, 0.3) is 0 Å². The van der Waals surface area contributed by atoms with Crippen molar-refractivity contribution in [2.75, 3.05) is 0 Å². The number of allylic oxidation sites excluding steroid dienone is 3. The third kappa shape index (κ3) is 6.63. The SMILES string of the molecule is C=CCCc1ccc(C#Cc2ccc3cc(C#Cc4ccc(CC/C=C/C)cc4)ccc3c2F)cc1. The van der Waals surface area contributed by atoms with Crippen molar-refractivity contribution >= 4 is 10.8 Å². The molecular weight excluding hydrogens is 439 g/mol. The fourth-order valence-corrected chi connectivity index (χ4v) is 3.94. The number of rotatable bonds is 6. The van der Waals surface area contributed by atoms with E-state index < -0.39 is 0 Å². The van der Waals surface area contributed by atoms with Gasteiger partial charge in [0.1, 0.15) is 5.82 Å². The quantitative estimate of drug-likeness (QED) is 0.197. The maximum Gasteiger partial charge on any atom is 0.146 e. The van der Waals surface area contributed by atoms with Gasteiger partial charge in [-0.15, -0.1) is 6.58 Å². The van der Waals surface area contributed by atoms with Gasteiger partial charge in [-0.05, 0) is 91.6 Å². The van der Waals surface area contributed by atoms with Crippen LogP contribution in [0.5, 0.6) is 0 Å². The normalized spacial score (nSPS) is 10.5. The van der Waals surface area contributed by atoms with Gasteiger partial charge in [-0.1, -0.05) is 78.3 Å². The van der Waals surface area contributed by atoms with Crippen LogP contribution in [-0.2, 0) is 12.8 Å². The fraction of sp³-hybridized carbons (Fsp3) is 0.143. The minimum absolute atomic E-state index is 0.296. The third-order valence-corrected chi connectivity index (χ3v) is 6.03. The Morgan fingerprint density at radius 1 is 0.694 bits per heavy atom. The summed E-state index contributed by atoms with van der Waals surface area (Å²) < 4.78 is 15.2. The third-order valence-electron chi connectivity index (χ3n) is 6.03. The number of benzene rings is 4. The molecule has 0 amide bonds. The molecule has 4 aromatic rings. The zero-order chi connectivity index (χ0) is 25.2.